The van der Waals surface area contributed by atoms with Gasteiger partial charge < -0.3 is 9.72 Å². The van der Waals surface area contributed by atoms with E-state index in [4.69, 9.17) is 10.00 Å². The molecule has 3 nitrogen and oxygen atoms in total. The van der Waals surface area contributed by atoms with Crippen LogP contribution in [0.3, 0.4) is 0 Å². The topological polar surface area (TPSA) is 48.8 Å². The van der Waals surface area contributed by atoms with Gasteiger partial charge in [0.2, 0.25) is 0 Å². The third-order valence-electron chi connectivity index (χ3n) is 2.52. The lowest BCUT2D eigenvalue weighted by molar-refractivity contribution is 0.415. The van der Waals surface area contributed by atoms with Crippen molar-refractivity contribution in [2.24, 2.45) is 0 Å². The molecule has 1 aromatic carbocycles. The number of aromatic amines is 1. The summed E-state index contributed by atoms with van der Waals surface area (Å²) in [6.07, 6.45) is 0. The summed E-state index contributed by atoms with van der Waals surface area (Å²) in [6, 6.07) is 11.7. The molecule has 1 heterocycles. The molecule has 0 amide bonds. The number of hydrogen-bond acceptors (Lipinski definition) is 2. The Bertz CT molecular complexity index is 549. The molecule has 0 aliphatic rings. The number of rotatable bonds is 2. The van der Waals surface area contributed by atoms with Gasteiger partial charge in [0.1, 0.15) is 11.8 Å². The van der Waals surface area contributed by atoms with E-state index in [9.17, 15) is 0 Å². The van der Waals surface area contributed by atoms with Crippen molar-refractivity contribution in [3.63, 3.8) is 0 Å². The molecule has 0 saturated carbocycles. The summed E-state index contributed by atoms with van der Waals surface area (Å²) in [5.41, 5.74) is 3.52. The Balaban J connectivity index is 2.46. The summed E-state index contributed by atoms with van der Waals surface area (Å²) in [7, 11) is 1.64. The van der Waals surface area contributed by atoms with Crippen molar-refractivity contribution in [2.75, 3.05) is 7.11 Å². The number of nitrogens with one attached hydrogen (secondary N) is 1. The summed E-state index contributed by atoms with van der Waals surface area (Å²) < 4.78 is 5.16. The fourth-order valence-corrected chi connectivity index (χ4v) is 1.62. The first kappa shape index (κ1) is 10.3. The zero-order valence-corrected chi connectivity index (χ0v) is 9.24. The van der Waals surface area contributed by atoms with Gasteiger partial charge in [-0.05, 0) is 25.1 Å². The number of nitrogens with zero attached hydrogens (tertiary/aromatic N) is 1. The van der Waals surface area contributed by atoms with Gasteiger partial charge in [0, 0.05) is 17.0 Å². The summed E-state index contributed by atoms with van der Waals surface area (Å²) in [6.45, 7) is 1.89. The van der Waals surface area contributed by atoms with Crippen LogP contribution in [0.15, 0.2) is 30.3 Å². The summed E-state index contributed by atoms with van der Waals surface area (Å²) >= 11 is 0. The monoisotopic (exact) mass is 212 g/mol. The molecule has 80 valence electrons. The Morgan fingerprint density at radius 1 is 1.31 bits per heavy atom. The largest absolute Gasteiger partial charge is 0.497 e. The molecule has 2 rings (SSSR count). The summed E-state index contributed by atoms with van der Waals surface area (Å²) in [4.78, 5) is 3.19. The van der Waals surface area contributed by atoms with Crippen LogP contribution >= 0.6 is 0 Å². The maximum Gasteiger partial charge on any atom is 0.119 e. The van der Waals surface area contributed by atoms with Gasteiger partial charge in [-0.25, -0.2) is 0 Å². The van der Waals surface area contributed by atoms with E-state index in [2.05, 4.69) is 11.1 Å². The standard InChI is InChI=1S/C13H12N2O/c1-9-11(8-14)7-13(15-9)10-4-3-5-12(6-10)16-2/h3-7,15H,1-2H3. The van der Waals surface area contributed by atoms with Gasteiger partial charge in [0.05, 0.1) is 12.7 Å². The molecule has 2 aromatic rings. The van der Waals surface area contributed by atoms with Crippen molar-refractivity contribution in [3.05, 3.63) is 41.6 Å². The molecule has 0 aliphatic carbocycles. The van der Waals surface area contributed by atoms with Crippen molar-refractivity contribution in [3.8, 4) is 23.1 Å². The summed E-state index contributed by atoms with van der Waals surface area (Å²) in [5, 5.41) is 8.88. The van der Waals surface area contributed by atoms with Crippen LogP contribution in [0, 0.1) is 18.3 Å². The Morgan fingerprint density at radius 3 is 2.75 bits per heavy atom. The minimum Gasteiger partial charge on any atom is -0.497 e. The minimum atomic E-state index is 0.679. The van der Waals surface area contributed by atoms with Crippen molar-refractivity contribution >= 4 is 0 Å². The van der Waals surface area contributed by atoms with Gasteiger partial charge >= 0.3 is 0 Å². The number of nitriles is 1. The van der Waals surface area contributed by atoms with Crippen LogP contribution in [-0.2, 0) is 0 Å². The molecule has 0 bridgehead atoms. The fraction of sp³-hybridized carbons (Fsp3) is 0.154. The molecule has 1 aromatic heterocycles. The van der Waals surface area contributed by atoms with Crippen LogP contribution < -0.4 is 4.74 Å². The molecule has 0 fully saturated rings. The van der Waals surface area contributed by atoms with Gasteiger partial charge in [-0.3, -0.25) is 0 Å². The van der Waals surface area contributed by atoms with Crippen molar-refractivity contribution in [1.29, 1.82) is 5.26 Å². The second kappa shape index (κ2) is 4.11. The molecule has 3 heteroatoms. The maximum absolute atomic E-state index is 8.88. The van der Waals surface area contributed by atoms with E-state index >= 15 is 0 Å². The van der Waals surface area contributed by atoms with Gasteiger partial charge in [0.15, 0.2) is 0 Å². The van der Waals surface area contributed by atoms with Crippen LogP contribution in [0.4, 0.5) is 0 Å². The Morgan fingerprint density at radius 2 is 2.12 bits per heavy atom. The van der Waals surface area contributed by atoms with E-state index in [-0.39, 0.29) is 0 Å². The predicted octanol–water partition coefficient (Wildman–Crippen LogP) is 2.87. The van der Waals surface area contributed by atoms with Gasteiger partial charge in [-0.15, -0.1) is 0 Å². The second-order valence-corrected chi connectivity index (χ2v) is 3.57. The molecular formula is C13H12N2O. The molecular weight excluding hydrogens is 200 g/mol. The first-order valence-electron chi connectivity index (χ1n) is 4.98. The van der Waals surface area contributed by atoms with Gasteiger partial charge in [-0.2, -0.15) is 5.26 Å². The SMILES string of the molecule is COc1cccc(-c2cc(C#N)c(C)[nH]2)c1. The van der Waals surface area contributed by atoms with Gasteiger partial charge in [-0.1, -0.05) is 12.1 Å². The van der Waals surface area contributed by atoms with Crippen LogP contribution in [0.5, 0.6) is 5.75 Å². The Labute approximate surface area is 94.3 Å². The first-order valence-corrected chi connectivity index (χ1v) is 4.98. The normalized spacial score (nSPS) is 9.81. The average Bonchev–Trinajstić information content (AvgIpc) is 2.71. The molecule has 1 N–H and O–H groups in total. The van der Waals surface area contributed by atoms with Crippen LogP contribution in [-0.4, -0.2) is 12.1 Å². The lowest BCUT2D eigenvalue weighted by Gasteiger charge is -2.02. The van der Waals surface area contributed by atoms with Crippen LogP contribution in [0.1, 0.15) is 11.3 Å². The van der Waals surface area contributed by atoms with E-state index in [1.807, 2.05) is 37.3 Å². The van der Waals surface area contributed by atoms with Crippen molar-refractivity contribution in [2.45, 2.75) is 6.92 Å². The first-order chi connectivity index (χ1) is 7.74. The number of benzene rings is 1. The molecule has 0 radical (unpaired) electrons. The van der Waals surface area contributed by atoms with Crippen molar-refractivity contribution < 1.29 is 4.74 Å². The average molecular weight is 212 g/mol. The molecule has 0 unspecified atom stereocenters. The van der Waals surface area contributed by atoms with Gasteiger partial charge in [0.25, 0.3) is 0 Å². The third kappa shape index (κ3) is 1.78. The number of aromatic nitrogens is 1. The fourth-order valence-electron chi connectivity index (χ4n) is 1.62. The van der Waals surface area contributed by atoms with E-state index in [1.165, 1.54) is 0 Å². The Hall–Kier alpha value is -2.21. The van der Waals surface area contributed by atoms with E-state index < -0.39 is 0 Å². The zero-order chi connectivity index (χ0) is 11.5. The van der Waals surface area contributed by atoms with E-state index in [0.29, 0.717) is 5.56 Å². The number of H-pyrrole nitrogens is 1. The molecule has 0 spiro atoms. The maximum atomic E-state index is 8.88. The number of aryl methyl sites for hydroxylation is 1. The minimum absolute atomic E-state index is 0.679. The highest BCUT2D eigenvalue weighted by molar-refractivity contribution is 5.64. The molecule has 0 aliphatic heterocycles. The zero-order valence-electron chi connectivity index (χ0n) is 9.24. The highest BCUT2D eigenvalue weighted by Gasteiger charge is 2.06. The smallest absolute Gasteiger partial charge is 0.119 e. The van der Waals surface area contributed by atoms with Crippen LogP contribution in [0.25, 0.3) is 11.3 Å². The van der Waals surface area contributed by atoms with Crippen LogP contribution in [0.2, 0.25) is 0 Å². The number of ether oxygens (including phenoxy) is 1. The van der Waals surface area contributed by atoms with Crippen molar-refractivity contribution in [1.82, 2.24) is 4.98 Å². The molecule has 16 heavy (non-hydrogen) atoms. The second-order valence-electron chi connectivity index (χ2n) is 3.57. The van der Waals surface area contributed by atoms with E-state index in [1.54, 1.807) is 7.11 Å². The lowest BCUT2D eigenvalue weighted by atomic mass is 10.1. The quantitative estimate of drug-likeness (QED) is 0.832. The van der Waals surface area contributed by atoms with E-state index in [0.717, 1.165) is 22.7 Å². The summed E-state index contributed by atoms with van der Waals surface area (Å²) in [5.74, 6) is 0.809. The highest BCUT2D eigenvalue weighted by atomic mass is 16.5. The number of methoxy groups -OCH3 is 1. The highest BCUT2D eigenvalue weighted by Crippen LogP contribution is 2.24. The molecule has 0 atom stereocenters. The lowest BCUT2D eigenvalue weighted by Crippen LogP contribution is -1.83. The molecule has 0 saturated heterocycles. The predicted molar refractivity (Wildman–Crippen MR) is 62.2 cm³/mol. The Kier molecular flexibility index (Phi) is 2.65. The third-order valence-corrected chi connectivity index (χ3v) is 2.52. The number of hydrogen-bond donors (Lipinski definition) is 1.